The third-order valence-corrected chi connectivity index (χ3v) is 4.33. The molecule has 0 aromatic carbocycles. The third kappa shape index (κ3) is 4.92. The van der Waals surface area contributed by atoms with Gasteiger partial charge in [-0.05, 0) is 63.4 Å². The molecule has 1 aliphatic rings. The molecular weight excluding hydrogens is 234 g/mol. The van der Waals surface area contributed by atoms with E-state index in [1.165, 1.54) is 18.4 Å². The predicted octanol–water partition coefficient (Wildman–Crippen LogP) is 2.33. The van der Waals surface area contributed by atoms with Gasteiger partial charge in [-0.3, -0.25) is 4.98 Å². The molecule has 0 bridgehead atoms. The molecule has 106 valence electrons. The van der Waals surface area contributed by atoms with Gasteiger partial charge in [-0.15, -0.1) is 0 Å². The molecule has 0 aliphatic heterocycles. The van der Waals surface area contributed by atoms with Gasteiger partial charge in [-0.2, -0.15) is 0 Å². The molecule has 0 saturated heterocycles. The van der Waals surface area contributed by atoms with E-state index in [1.807, 2.05) is 12.4 Å². The number of rotatable bonds is 8. The Hall–Kier alpha value is -0.930. The van der Waals surface area contributed by atoms with Crippen LogP contribution in [-0.4, -0.2) is 42.1 Å². The van der Waals surface area contributed by atoms with Gasteiger partial charge in [0.2, 0.25) is 0 Å². The standard InChI is InChI=1S/C16H27N3/c1-13(12-18-16-4-5-16)14(2)19(3)11-8-15-6-9-17-10-7-15/h6-7,9-10,13-14,16,18H,4-5,8,11-12H2,1-3H3. The predicted molar refractivity (Wildman–Crippen MR) is 80.2 cm³/mol. The first kappa shape index (κ1) is 14.5. The zero-order valence-corrected chi connectivity index (χ0v) is 12.5. The highest BCUT2D eigenvalue weighted by Gasteiger charge is 2.23. The fourth-order valence-electron chi connectivity index (χ4n) is 2.30. The Labute approximate surface area is 117 Å². The lowest BCUT2D eigenvalue weighted by Gasteiger charge is -2.30. The van der Waals surface area contributed by atoms with Gasteiger partial charge < -0.3 is 10.2 Å². The van der Waals surface area contributed by atoms with Crippen LogP contribution in [0.25, 0.3) is 0 Å². The summed E-state index contributed by atoms with van der Waals surface area (Å²) in [5.41, 5.74) is 1.37. The molecule has 3 nitrogen and oxygen atoms in total. The van der Waals surface area contributed by atoms with Crippen molar-refractivity contribution in [3.05, 3.63) is 30.1 Å². The summed E-state index contributed by atoms with van der Waals surface area (Å²) in [6.07, 6.45) is 7.60. The van der Waals surface area contributed by atoms with Crippen LogP contribution in [0.3, 0.4) is 0 Å². The van der Waals surface area contributed by atoms with E-state index in [9.17, 15) is 0 Å². The van der Waals surface area contributed by atoms with Crippen LogP contribution in [0.15, 0.2) is 24.5 Å². The number of aromatic nitrogens is 1. The van der Waals surface area contributed by atoms with Crippen LogP contribution >= 0.6 is 0 Å². The van der Waals surface area contributed by atoms with Crippen molar-refractivity contribution < 1.29 is 0 Å². The Morgan fingerprint density at radius 1 is 1.32 bits per heavy atom. The maximum atomic E-state index is 4.06. The molecule has 2 atom stereocenters. The summed E-state index contributed by atoms with van der Waals surface area (Å²) >= 11 is 0. The van der Waals surface area contributed by atoms with E-state index in [4.69, 9.17) is 0 Å². The van der Waals surface area contributed by atoms with Gasteiger partial charge in [0.15, 0.2) is 0 Å². The minimum atomic E-state index is 0.619. The number of pyridine rings is 1. The Balaban J connectivity index is 1.69. The Bertz CT molecular complexity index is 362. The Morgan fingerprint density at radius 3 is 2.63 bits per heavy atom. The zero-order chi connectivity index (χ0) is 13.7. The van der Waals surface area contributed by atoms with Gasteiger partial charge >= 0.3 is 0 Å². The maximum absolute atomic E-state index is 4.06. The fourth-order valence-corrected chi connectivity index (χ4v) is 2.30. The van der Waals surface area contributed by atoms with Crippen LogP contribution in [0.4, 0.5) is 0 Å². The van der Waals surface area contributed by atoms with Crippen molar-refractivity contribution in [2.24, 2.45) is 5.92 Å². The lowest BCUT2D eigenvalue weighted by Crippen LogP contribution is -2.40. The molecule has 0 spiro atoms. The van der Waals surface area contributed by atoms with Crippen molar-refractivity contribution in [2.45, 2.75) is 45.2 Å². The lowest BCUT2D eigenvalue weighted by molar-refractivity contribution is 0.197. The van der Waals surface area contributed by atoms with Crippen molar-refractivity contribution in [1.82, 2.24) is 15.2 Å². The molecule has 0 amide bonds. The maximum Gasteiger partial charge on any atom is 0.0270 e. The molecule has 0 radical (unpaired) electrons. The summed E-state index contributed by atoms with van der Waals surface area (Å²) < 4.78 is 0. The number of nitrogens with zero attached hydrogens (tertiary/aromatic N) is 2. The SMILES string of the molecule is CC(CNC1CC1)C(C)N(C)CCc1ccncc1. The molecule has 1 heterocycles. The van der Waals surface area contributed by atoms with Crippen molar-refractivity contribution >= 4 is 0 Å². The third-order valence-electron chi connectivity index (χ3n) is 4.33. The summed E-state index contributed by atoms with van der Waals surface area (Å²) in [4.78, 5) is 6.53. The first-order valence-electron chi connectivity index (χ1n) is 7.49. The van der Waals surface area contributed by atoms with Crippen LogP contribution in [-0.2, 0) is 6.42 Å². The molecule has 2 rings (SSSR count). The highest BCUT2D eigenvalue weighted by Crippen LogP contribution is 2.19. The molecule has 19 heavy (non-hydrogen) atoms. The van der Waals surface area contributed by atoms with Gasteiger partial charge in [-0.1, -0.05) is 6.92 Å². The number of hydrogen-bond donors (Lipinski definition) is 1. The number of nitrogens with one attached hydrogen (secondary N) is 1. The van der Waals surface area contributed by atoms with Crippen LogP contribution in [0.1, 0.15) is 32.3 Å². The molecule has 1 N–H and O–H groups in total. The smallest absolute Gasteiger partial charge is 0.0270 e. The monoisotopic (exact) mass is 261 g/mol. The summed E-state index contributed by atoms with van der Waals surface area (Å²) in [6.45, 7) is 6.94. The topological polar surface area (TPSA) is 28.2 Å². The summed E-state index contributed by atoms with van der Waals surface area (Å²) in [7, 11) is 2.24. The normalized spacial score (nSPS) is 18.5. The van der Waals surface area contributed by atoms with Gasteiger partial charge in [0, 0.05) is 31.0 Å². The van der Waals surface area contributed by atoms with E-state index in [1.54, 1.807) is 0 Å². The average Bonchev–Trinajstić information content (AvgIpc) is 3.26. The lowest BCUT2D eigenvalue weighted by atomic mass is 10.0. The van der Waals surface area contributed by atoms with E-state index >= 15 is 0 Å². The van der Waals surface area contributed by atoms with Gasteiger partial charge in [-0.25, -0.2) is 0 Å². The van der Waals surface area contributed by atoms with E-state index in [2.05, 4.69) is 48.2 Å². The van der Waals surface area contributed by atoms with Crippen LogP contribution in [0.5, 0.6) is 0 Å². The number of hydrogen-bond acceptors (Lipinski definition) is 3. The molecule has 2 unspecified atom stereocenters. The molecule has 1 aromatic rings. The fraction of sp³-hybridized carbons (Fsp3) is 0.688. The van der Waals surface area contributed by atoms with Crippen LogP contribution < -0.4 is 5.32 Å². The van der Waals surface area contributed by atoms with E-state index in [-0.39, 0.29) is 0 Å². The molecule has 1 aromatic heterocycles. The molecule has 1 fully saturated rings. The summed E-state index contributed by atoms with van der Waals surface area (Å²) in [6, 6.07) is 5.65. The molecular formula is C16H27N3. The first-order chi connectivity index (χ1) is 9.16. The average molecular weight is 261 g/mol. The molecule has 1 aliphatic carbocycles. The second kappa shape index (κ2) is 7.01. The zero-order valence-electron chi connectivity index (χ0n) is 12.5. The molecule has 3 heteroatoms. The number of likely N-dealkylation sites (N-methyl/N-ethyl adjacent to an activating group) is 1. The van der Waals surface area contributed by atoms with E-state index in [0.717, 1.165) is 25.6 Å². The van der Waals surface area contributed by atoms with Crippen LogP contribution in [0, 0.1) is 5.92 Å². The minimum Gasteiger partial charge on any atom is -0.314 e. The highest BCUT2D eigenvalue weighted by molar-refractivity contribution is 5.09. The van der Waals surface area contributed by atoms with Gasteiger partial charge in [0.1, 0.15) is 0 Å². The van der Waals surface area contributed by atoms with Crippen molar-refractivity contribution in [2.75, 3.05) is 20.1 Å². The van der Waals surface area contributed by atoms with Crippen molar-refractivity contribution in [3.63, 3.8) is 0 Å². The quantitative estimate of drug-likeness (QED) is 0.778. The molecule has 1 saturated carbocycles. The van der Waals surface area contributed by atoms with Gasteiger partial charge in [0.05, 0.1) is 0 Å². The summed E-state index contributed by atoms with van der Waals surface area (Å²) in [5.74, 6) is 0.697. The van der Waals surface area contributed by atoms with Gasteiger partial charge in [0.25, 0.3) is 0 Å². The minimum absolute atomic E-state index is 0.619. The van der Waals surface area contributed by atoms with E-state index < -0.39 is 0 Å². The van der Waals surface area contributed by atoms with Crippen molar-refractivity contribution in [3.8, 4) is 0 Å². The van der Waals surface area contributed by atoms with E-state index in [0.29, 0.717) is 12.0 Å². The summed E-state index contributed by atoms with van der Waals surface area (Å²) in [5, 5.41) is 3.63. The second-order valence-electron chi connectivity index (χ2n) is 5.99. The Kier molecular flexibility index (Phi) is 5.34. The second-order valence-corrected chi connectivity index (χ2v) is 5.99. The Morgan fingerprint density at radius 2 is 2.00 bits per heavy atom. The van der Waals surface area contributed by atoms with Crippen LogP contribution in [0.2, 0.25) is 0 Å². The highest BCUT2D eigenvalue weighted by atomic mass is 15.1. The van der Waals surface area contributed by atoms with Crippen molar-refractivity contribution in [1.29, 1.82) is 0 Å². The first-order valence-corrected chi connectivity index (χ1v) is 7.49. The largest absolute Gasteiger partial charge is 0.314 e.